The molecule has 53 heavy (non-hydrogen) atoms. The second-order valence-electron chi connectivity index (χ2n) is 13.1. The SMILES string of the molecule is CCCOc1ccc(S(=O)(=O)N2CCOCC2)cc1-c1nc2c(ncn2C(CCCCCc2ccc(S(=O)(=O)N3CCOCC3)cc2)C(C)=O)c(=O)[nH]1. The van der Waals surface area contributed by atoms with Crippen LogP contribution >= 0.6 is 0 Å². The van der Waals surface area contributed by atoms with Crippen molar-refractivity contribution in [2.24, 2.45) is 0 Å². The van der Waals surface area contributed by atoms with Gasteiger partial charge in [0.05, 0.1) is 60.8 Å². The lowest BCUT2D eigenvalue weighted by Gasteiger charge is -2.26. The standard InChI is InChI=1S/C36H46N6O9S2/c1-3-19-51-32-14-13-29(53(47,48)41-17-22-50-23-18-41)24-30(32)34-38-35-33(36(44)39-34)37-25-42(35)31(26(2)43)8-6-4-5-7-27-9-11-28(12-10-27)52(45,46)40-15-20-49-21-16-40/h9-14,24-25,31H,3-8,15-23H2,1-2H3,(H,38,39,44). The maximum atomic E-state index is 13.5. The highest BCUT2D eigenvalue weighted by molar-refractivity contribution is 7.89. The number of H-pyrrole nitrogens is 1. The van der Waals surface area contributed by atoms with Crippen molar-refractivity contribution in [3.05, 3.63) is 64.7 Å². The van der Waals surface area contributed by atoms with E-state index in [-0.39, 0.29) is 45.7 Å². The maximum absolute atomic E-state index is 13.5. The Hall–Kier alpha value is -4.00. The van der Waals surface area contributed by atoms with Crippen LogP contribution in [0.3, 0.4) is 0 Å². The Kier molecular flexibility index (Phi) is 12.4. The number of aromatic amines is 1. The van der Waals surface area contributed by atoms with Crippen molar-refractivity contribution in [2.75, 3.05) is 59.2 Å². The molecular formula is C36H46N6O9S2. The largest absolute Gasteiger partial charge is 0.493 e. The smallest absolute Gasteiger partial charge is 0.279 e. The highest BCUT2D eigenvalue weighted by atomic mass is 32.2. The number of ether oxygens (including phenoxy) is 3. The number of hydrogen-bond donors (Lipinski definition) is 1. The molecule has 15 nitrogen and oxygen atoms in total. The van der Waals surface area contributed by atoms with Gasteiger partial charge in [-0.05, 0) is 68.5 Å². The van der Waals surface area contributed by atoms with E-state index in [4.69, 9.17) is 19.2 Å². The van der Waals surface area contributed by atoms with Crippen molar-refractivity contribution in [3.63, 3.8) is 0 Å². The number of unbranched alkanes of at least 4 members (excludes halogenated alkanes) is 2. The highest BCUT2D eigenvalue weighted by Crippen LogP contribution is 2.33. The van der Waals surface area contributed by atoms with Crippen molar-refractivity contribution < 1.29 is 35.8 Å². The van der Waals surface area contributed by atoms with Gasteiger partial charge in [-0.3, -0.25) is 9.59 Å². The minimum absolute atomic E-state index is 0.0325. The van der Waals surface area contributed by atoms with Crippen LogP contribution < -0.4 is 10.3 Å². The van der Waals surface area contributed by atoms with Gasteiger partial charge < -0.3 is 23.8 Å². The number of morpholine rings is 2. The fourth-order valence-corrected chi connectivity index (χ4v) is 9.40. The van der Waals surface area contributed by atoms with Crippen molar-refractivity contribution in [1.29, 1.82) is 0 Å². The zero-order valence-electron chi connectivity index (χ0n) is 30.0. The van der Waals surface area contributed by atoms with E-state index in [0.29, 0.717) is 76.7 Å². The average Bonchev–Trinajstić information content (AvgIpc) is 3.60. The van der Waals surface area contributed by atoms with Crippen LogP contribution in [-0.2, 0) is 40.7 Å². The third-order valence-corrected chi connectivity index (χ3v) is 13.3. The minimum atomic E-state index is -3.86. The highest BCUT2D eigenvalue weighted by Gasteiger charge is 2.29. The molecule has 2 aromatic carbocycles. The molecule has 2 aliphatic rings. The van der Waals surface area contributed by atoms with Gasteiger partial charge in [-0.1, -0.05) is 31.9 Å². The van der Waals surface area contributed by atoms with Crippen molar-refractivity contribution in [1.82, 2.24) is 28.1 Å². The number of benzene rings is 2. The Balaban J connectivity index is 1.17. The molecule has 2 aliphatic heterocycles. The van der Waals surface area contributed by atoms with Gasteiger partial charge in [-0.2, -0.15) is 8.61 Å². The molecule has 1 N–H and O–H groups in total. The Morgan fingerprint density at radius 2 is 1.51 bits per heavy atom. The van der Waals surface area contributed by atoms with E-state index < -0.39 is 31.6 Å². The number of aryl methyl sites for hydroxylation is 1. The molecule has 4 aromatic rings. The van der Waals surface area contributed by atoms with Gasteiger partial charge in [-0.25, -0.2) is 26.8 Å². The van der Waals surface area contributed by atoms with E-state index in [1.807, 2.05) is 19.1 Å². The average molecular weight is 771 g/mol. The fourth-order valence-electron chi connectivity index (χ4n) is 6.56. The van der Waals surface area contributed by atoms with Crippen molar-refractivity contribution in [2.45, 2.75) is 68.2 Å². The normalized spacial score (nSPS) is 16.9. The number of fused-ring (bicyclic) bond motifs is 1. The van der Waals surface area contributed by atoms with Gasteiger partial charge in [0.25, 0.3) is 5.56 Å². The lowest BCUT2D eigenvalue weighted by molar-refractivity contribution is -0.120. The van der Waals surface area contributed by atoms with E-state index in [1.165, 1.54) is 34.0 Å². The van der Waals surface area contributed by atoms with Crippen LogP contribution in [0.15, 0.2) is 63.4 Å². The Bertz CT molecular complexity index is 2170. The number of nitrogens with zero attached hydrogens (tertiary/aromatic N) is 5. The first-order chi connectivity index (χ1) is 25.5. The van der Waals surface area contributed by atoms with Crippen LogP contribution in [0, 0.1) is 0 Å². The molecule has 0 amide bonds. The molecule has 2 fully saturated rings. The quantitative estimate of drug-likeness (QED) is 0.165. The Labute approximate surface area is 309 Å². The second kappa shape index (κ2) is 17.0. The predicted molar refractivity (Wildman–Crippen MR) is 197 cm³/mol. The number of nitrogens with one attached hydrogen (secondary N) is 1. The van der Waals surface area contributed by atoms with Gasteiger partial charge in [0.1, 0.15) is 11.6 Å². The van der Waals surface area contributed by atoms with Gasteiger partial charge in [0, 0.05) is 26.2 Å². The summed E-state index contributed by atoms with van der Waals surface area (Å²) in [6, 6.07) is 10.9. The zero-order chi connectivity index (χ0) is 37.6. The van der Waals surface area contributed by atoms with Crippen LogP contribution in [0.25, 0.3) is 22.6 Å². The number of hydrogen-bond acceptors (Lipinski definition) is 11. The molecule has 0 aliphatic carbocycles. The summed E-state index contributed by atoms with van der Waals surface area (Å²) in [5.74, 6) is 0.342. The first-order valence-electron chi connectivity index (χ1n) is 18.0. The summed E-state index contributed by atoms with van der Waals surface area (Å²) in [5.41, 5.74) is 1.06. The van der Waals surface area contributed by atoms with E-state index in [2.05, 4.69) is 9.97 Å². The summed E-state index contributed by atoms with van der Waals surface area (Å²) >= 11 is 0. The third-order valence-electron chi connectivity index (χ3n) is 9.49. The van der Waals surface area contributed by atoms with Gasteiger partial charge >= 0.3 is 0 Å². The number of carbonyl (C=O) groups excluding carboxylic acids is 1. The first-order valence-corrected chi connectivity index (χ1v) is 20.9. The predicted octanol–water partition coefficient (Wildman–Crippen LogP) is 3.55. The van der Waals surface area contributed by atoms with Crippen LogP contribution in [0.5, 0.6) is 5.75 Å². The zero-order valence-corrected chi connectivity index (χ0v) is 31.7. The summed E-state index contributed by atoms with van der Waals surface area (Å²) < 4.78 is 74.0. The maximum Gasteiger partial charge on any atom is 0.279 e. The monoisotopic (exact) mass is 770 g/mol. The number of rotatable bonds is 16. The van der Waals surface area contributed by atoms with Crippen LogP contribution in [0.1, 0.15) is 57.6 Å². The molecule has 6 rings (SSSR count). The molecule has 1 atom stereocenters. The summed E-state index contributed by atoms with van der Waals surface area (Å²) in [6.07, 6.45) is 5.74. The van der Waals surface area contributed by atoms with Crippen LogP contribution in [0.2, 0.25) is 0 Å². The molecular weight excluding hydrogens is 725 g/mol. The first kappa shape index (κ1) is 38.7. The van der Waals surface area contributed by atoms with Gasteiger partial charge in [0.2, 0.25) is 20.0 Å². The molecule has 0 spiro atoms. The van der Waals surface area contributed by atoms with Gasteiger partial charge in [-0.15, -0.1) is 0 Å². The molecule has 17 heteroatoms. The molecule has 1 unspecified atom stereocenters. The van der Waals surface area contributed by atoms with E-state index >= 15 is 0 Å². The lowest BCUT2D eigenvalue weighted by Crippen LogP contribution is -2.40. The summed E-state index contributed by atoms with van der Waals surface area (Å²) in [6.45, 7) is 6.34. The Morgan fingerprint density at radius 1 is 0.887 bits per heavy atom. The molecule has 0 saturated carbocycles. The minimum Gasteiger partial charge on any atom is -0.493 e. The Morgan fingerprint density at radius 3 is 2.13 bits per heavy atom. The fraction of sp³-hybridized carbons (Fsp3) is 0.500. The van der Waals surface area contributed by atoms with E-state index in [1.54, 1.807) is 22.8 Å². The number of sulfonamides is 2. The van der Waals surface area contributed by atoms with Crippen LogP contribution in [0.4, 0.5) is 0 Å². The second-order valence-corrected chi connectivity index (χ2v) is 17.0. The van der Waals surface area contributed by atoms with E-state index in [9.17, 15) is 26.4 Å². The summed E-state index contributed by atoms with van der Waals surface area (Å²) in [4.78, 5) is 38.4. The third kappa shape index (κ3) is 8.71. The topological polar surface area (TPSA) is 183 Å². The summed E-state index contributed by atoms with van der Waals surface area (Å²) in [5, 5.41) is 0. The number of Topliss-reactive ketones (excluding diaryl/α,β-unsaturated/α-hetero) is 1. The molecule has 0 radical (unpaired) electrons. The number of carbonyl (C=O) groups is 1. The lowest BCUT2D eigenvalue weighted by atomic mass is 10.0. The molecule has 286 valence electrons. The molecule has 4 heterocycles. The number of aromatic nitrogens is 4. The molecule has 2 aromatic heterocycles. The van der Waals surface area contributed by atoms with Gasteiger partial charge in [0.15, 0.2) is 16.9 Å². The number of imidazole rings is 1. The summed E-state index contributed by atoms with van der Waals surface area (Å²) in [7, 11) is -7.41. The molecule has 0 bridgehead atoms. The van der Waals surface area contributed by atoms with Crippen LogP contribution in [-0.4, -0.2) is 110 Å². The van der Waals surface area contributed by atoms with Crippen molar-refractivity contribution >= 4 is 37.0 Å². The van der Waals surface area contributed by atoms with E-state index in [0.717, 1.165) is 24.8 Å². The molecule has 2 saturated heterocycles. The van der Waals surface area contributed by atoms with Crippen molar-refractivity contribution in [3.8, 4) is 17.1 Å². The number of ketones is 1.